The van der Waals surface area contributed by atoms with E-state index in [0.29, 0.717) is 11.1 Å². The van der Waals surface area contributed by atoms with Gasteiger partial charge in [0.2, 0.25) is 0 Å². The second-order valence-electron chi connectivity index (χ2n) is 8.07. The van der Waals surface area contributed by atoms with Crippen LogP contribution in [0.3, 0.4) is 0 Å². The molecule has 3 aromatic carbocycles. The number of aliphatic hydroxyl groups excluding tert-OH is 1. The number of ketones is 1. The van der Waals surface area contributed by atoms with Gasteiger partial charge >= 0.3 is 6.18 Å². The van der Waals surface area contributed by atoms with Crippen molar-refractivity contribution >= 4 is 28.8 Å². The average Bonchev–Trinajstić information content (AvgIpc) is 3.09. The van der Waals surface area contributed by atoms with Gasteiger partial charge in [-0.3, -0.25) is 14.5 Å². The highest BCUT2D eigenvalue weighted by Crippen LogP contribution is 2.43. The van der Waals surface area contributed by atoms with E-state index in [4.69, 9.17) is 0 Å². The molecule has 1 amide bonds. The third kappa shape index (κ3) is 4.14. The molecule has 1 fully saturated rings. The van der Waals surface area contributed by atoms with E-state index in [1.54, 1.807) is 54.6 Å². The highest BCUT2D eigenvalue weighted by atomic mass is 19.4. The van der Waals surface area contributed by atoms with Gasteiger partial charge in [0.05, 0.1) is 17.2 Å². The summed E-state index contributed by atoms with van der Waals surface area (Å²) in [4.78, 5) is 29.2. The number of carbonyl (C=O) groups excluding carboxylic acids is 2. The number of nitrogens with zero attached hydrogens (tertiary/aromatic N) is 2. The summed E-state index contributed by atoms with van der Waals surface area (Å²) in [6.07, 6.45) is -4.54. The number of aliphatic hydroxyl groups is 1. The molecule has 0 aromatic heterocycles. The van der Waals surface area contributed by atoms with Gasteiger partial charge in [0.15, 0.2) is 0 Å². The third-order valence-electron chi connectivity index (χ3n) is 5.69. The molecule has 174 valence electrons. The van der Waals surface area contributed by atoms with Crippen molar-refractivity contribution in [3.63, 3.8) is 0 Å². The normalized spacial score (nSPS) is 17.8. The number of benzene rings is 3. The van der Waals surface area contributed by atoms with Crippen LogP contribution in [-0.2, 0) is 15.8 Å². The maximum Gasteiger partial charge on any atom is 0.416 e. The maximum absolute atomic E-state index is 13.1. The summed E-state index contributed by atoms with van der Waals surface area (Å²) in [5.41, 5.74) is 0.866. The maximum atomic E-state index is 13.1. The minimum Gasteiger partial charge on any atom is -0.507 e. The molecule has 1 N–H and O–H groups in total. The molecule has 1 heterocycles. The van der Waals surface area contributed by atoms with Crippen molar-refractivity contribution in [2.45, 2.75) is 12.2 Å². The largest absolute Gasteiger partial charge is 0.507 e. The lowest BCUT2D eigenvalue weighted by molar-refractivity contribution is -0.137. The first kappa shape index (κ1) is 23.1. The Morgan fingerprint density at radius 1 is 0.882 bits per heavy atom. The van der Waals surface area contributed by atoms with Crippen LogP contribution < -0.4 is 9.80 Å². The molecular weight excluding hydrogens is 445 g/mol. The van der Waals surface area contributed by atoms with Crippen molar-refractivity contribution in [3.8, 4) is 0 Å². The number of amides is 1. The average molecular weight is 466 g/mol. The molecule has 5 nitrogen and oxygen atoms in total. The van der Waals surface area contributed by atoms with Gasteiger partial charge in [0.25, 0.3) is 11.7 Å². The van der Waals surface area contributed by atoms with Gasteiger partial charge in [0, 0.05) is 31.0 Å². The van der Waals surface area contributed by atoms with E-state index in [9.17, 15) is 27.9 Å². The van der Waals surface area contributed by atoms with E-state index in [2.05, 4.69) is 0 Å². The number of alkyl halides is 3. The molecule has 34 heavy (non-hydrogen) atoms. The quantitative estimate of drug-likeness (QED) is 0.318. The molecular formula is C26H21F3N2O3. The van der Waals surface area contributed by atoms with Crippen LogP contribution in [0.25, 0.3) is 5.76 Å². The second kappa shape index (κ2) is 8.70. The molecule has 4 rings (SSSR count). The number of hydrogen-bond donors (Lipinski definition) is 1. The Bertz CT molecular complexity index is 1250. The van der Waals surface area contributed by atoms with Crippen molar-refractivity contribution in [1.29, 1.82) is 0 Å². The lowest BCUT2D eigenvalue weighted by Gasteiger charge is -2.26. The van der Waals surface area contributed by atoms with Crippen molar-refractivity contribution in [3.05, 3.63) is 101 Å². The highest BCUT2D eigenvalue weighted by Gasteiger charge is 2.47. The molecule has 0 radical (unpaired) electrons. The van der Waals surface area contributed by atoms with Crippen LogP contribution in [-0.4, -0.2) is 30.9 Å². The van der Waals surface area contributed by atoms with Crippen molar-refractivity contribution in [2.24, 2.45) is 0 Å². The lowest BCUT2D eigenvalue weighted by atomic mass is 9.95. The zero-order valence-corrected chi connectivity index (χ0v) is 18.4. The van der Waals surface area contributed by atoms with Crippen LogP contribution in [0.5, 0.6) is 0 Å². The Labute approximate surface area is 194 Å². The number of rotatable bonds is 4. The molecule has 1 saturated heterocycles. The van der Waals surface area contributed by atoms with Crippen LogP contribution in [0, 0.1) is 0 Å². The summed E-state index contributed by atoms with van der Waals surface area (Å²) >= 11 is 0. The molecule has 1 unspecified atom stereocenters. The van der Waals surface area contributed by atoms with Gasteiger partial charge in [0.1, 0.15) is 5.76 Å². The zero-order valence-electron chi connectivity index (χ0n) is 18.4. The molecule has 0 aliphatic carbocycles. The number of anilines is 2. The van der Waals surface area contributed by atoms with E-state index in [-0.39, 0.29) is 17.0 Å². The van der Waals surface area contributed by atoms with Gasteiger partial charge < -0.3 is 10.0 Å². The van der Waals surface area contributed by atoms with Gasteiger partial charge in [-0.1, -0.05) is 42.5 Å². The summed E-state index contributed by atoms with van der Waals surface area (Å²) in [7, 11) is 3.72. The molecule has 1 aliphatic heterocycles. The first-order valence-electron chi connectivity index (χ1n) is 10.4. The van der Waals surface area contributed by atoms with E-state index < -0.39 is 29.5 Å². The predicted octanol–water partition coefficient (Wildman–Crippen LogP) is 5.40. The van der Waals surface area contributed by atoms with Crippen LogP contribution in [0.2, 0.25) is 0 Å². The second-order valence-corrected chi connectivity index (χ2v) is 8.07. The Morgan fingerprint density at radius 3 is 2.00 bits per heavy atom. The number of halogens is 3. The molecule has 0 saturated carbocycles. The smallest absolute Gasteiger partial charge is 0.416 e. The van der Waals surface area contributed by atoms with Crippen molar-refractivity contribution in [2.75, 3.05) is 23.9 Å². The van der Waals surface area contributed by atoms with E-state index in [0.717, 1.165) is 34.9 Å². The minimum atomic E-state index is -4.54. The van der Waals surface area contributed by atoms with Crippen LogP contribution >= 0.6 is 0 Å². The van der Waals surface area contributed by atoms with E-state index in [1.165, 1.54) is 0 Å². The fourth-order valence-electron chi connectivity index (χ4n) is 3.93. The van der Waals surface area contributed by atoms with Gasteiger partial charge in [-0.25, -0.2) is 0 Å². The Balaban J connectivity index is 1.89. The monoisotopic (exact) mass is 466 g/mol. The van der Waals surface area contributed by atoms with Crippen LogP contribution in [0.4, 0.5) is 24.5 Å². The lowest BCUT2D eigenvalue weighted by Crippen LogP contribution is -2.29. The number of carbonyl (C=O) groups is 2. The van der Waals surface area contributed by atoms with Crippen molar-refractivity contribution < 1.29 is 27.9 Å². The first-order chi connectivity index (χ1) is 16.1. The fourth-order valence-corrected chi connectivity index (χ4v) is 3.93. The third-order valence-corrected chi connectivity index (χ3v) is 5.69. The summed E-state index contributed by atoms with van der Waals surface area (Å²) < 4.78 is 39.2. The molecule has 3 aromatic rings. The molecule has 1 atom stereocenters. The summed E-state index contributed by atoms with van der Waals surface area (Å²) in [5, 5.41) is 11.0. The highest BCUT2D eigenvalue weighted by molar-refractivity contribution is 6.51. The van der Waals surface area contributed by atoms with Crippen LogP contribution in [0.15, 0.2) is 84.4 Å². The zero-order chi connectivity index (χ0) is 24.6. The fraction of sp³-hybridized carbons (Fsp3) is 0.154. The Morgan fingerprint density at radius 2 is 1.47 bits per heavy atom. The number of hydrogen-bond acceptors (Lipinski definition) is 4. The predicted molar refractivity (Wildman–Crippen MR) is 123 cm³/mol. The SMILES string of the molecule is CN(C)c1ccc(C2/C(=C(\O)c3ccccc3)C(=O)C(=O)N2c2ccc(C(F)(F)F)cc2)cc1. The minimum absolute atomic E-state index is 0.115. The van der Waals surface area contributed by atoms with Gasteiger partial charge in [-0.15, -0.1) is 0 Å². The molecule has 0 bridgehead atoms. The standard InChI is InChI=1S/C26H21F3N2O3/c1-30(2)19-12-8-16(9-13-19)22-21(23(32)17-6-4-3-5-7-17)24(33)25(34)31(22)20-14-10-18(11-15-20)26(27,28)29/h3-15,22,32H,1-2H3/b23-21+. The van der Waals surface area contributed by atoms with E-state index >= 15 is 0 Å². The molecule has 0 spiro atoms. The first-order valence-corrected chi connectivity index (χ1v) is 10.4. The molecule has 1 aliphatic rings. The Kier molecular flexibility index (Phi) is 5.91. The Hall–Kier alpha value is -4.07. The van der Waals surface area contributed by atoms with Crippen LogP contribution in [0.1, 0.15) is 22.7 Å². The summed E-state index contributed by atoms with van der Waals surface area (Å²) in [5.74, 6) is -2.20. The number of Topliss-reactive ketones (excluding diaryl/α,β-unsaturated/α-hetero) is 1. The molecule has 8 heteroatoms. The summed E-state index contributed by atoms with van der Waals surface area (Å²) in [6.45, 7) is 0. The van der Waals surface area contributed by atoms with Gasteiger partial charge in [-0.2, -0.15) is 13.2 Å². The summed E-state index contributed by atoms with van der Waals surface area (Å²) in [6, 6.07) is 18.4. The van der Waals surface area contributed by atoms with Gasteiger partial charge in [-0.05, 0) is 42.0 Å². The topological polar surface area (TPSA) is 60.9 Å². The van der Waals surface area contributed by atoms with Crippen molar-refractivity contribution in [1.82, 2.24) is 0 Å². The van der Waals surface area contributed by atoms with E-state index in [1.807, 2.05) is 19.0 Å².